The van der Waals surface area contributed by atoms with Gasteiger partial charge in [-0.3, -0.25) is 0 Å². The Morgan fingerprint density at radius 3 is 0.418 bits per heavy atom. The summed E-state index contributed by atoms with van der Waals surface area (Å²) in [4.78, 5) is 0. The van der Waals surface area contributed by atoms with Gasteiger partial charge in [-0.15, -0.1) is 82.4 Å². The Balaban J connectivity index is -0.000000241. The molecule has 35 atom stereocenters. The van der Waals surface area contributed by atoms with Crippen LogP contribution in [0.5, 0.6) is 0 Å². The standard InChI is InChI=1S/C42H49O34.21Na.H2O/c1-8-29-15(49)22(56)36(63-8)71-30-9(2-43)65-38(24(58)17(30)51)73-32-11(4-45)67-40(26(60)19(32)53)75-34-13(6-47)69-42(28(62)21(34)55)76-35-14(7-48)68-41(27(61)20(35)54)74-33-12(5-46)66-39(25(59)18(33)52)72-31-10(3-44)64-37(70-29)23(57)16(31)50;;;;;;;;;;;;;;;;;;;;;;/h8-42H,1-7H2;;;;;;;;;;;;;;;;;;;;;;1H2/q-21;21*+1;/p-1/t8?,9?,10?,11?,12?,13?,14?,15-,16-,17-,18-,19-,20-,21-,22?,23?,24?,25?,26?,27?,28?,29+,30+,31+,32+,33+,34+,35+,36+,37+,38+,39+,40+,41+,42+;;;;;;;;;;;;;;;;;;;;;;/m1....................../s1. The van der Waals surface area contributed by atoms with Gasteiger partial charge in [0.2, 0.25) is 0 Å². The Hall–Kier alpha value is 19.6. The molecular weight excluding hydrogens is 1550 g/mol. The third-order valence-electron chi connectivity index (χ3n) is 14.2. The van der Waals surface area contributed by atoms with E-state index in [0.717, 1.165) is 0 Å². The van der Waals surface area contributed by atoms with Gasteiger partial charge in [0.15, 0.2) is 0 Å². The van der Waals surface area contributed by atoms with Crippen molar-refractivity contribution in [1.82, 2.24) is 0 Å². The van der Waals surface area contributed by atoms with E-state index >= 15 is 0 Å². The van der Waals surface area contributed by atoms with Gasteiger partial charge in [0.1, 0.15) is 44.0 Å². The van der Waals surface area contributed by atoms with E-state index in [2.05, 4.69) is 6.92 Å². The van der Waals surface area contributed by atoms with Gasteiger partial charge in [-0.05, 0) is 6.10 Å². The van der Waals surface area contributed by atoms with Gasteiger partial charge in [-0.1, -0.05) is 42.7 Å². The molecular formula is C42H50Na21O35-. The van der Waals surface area contributed by atoms with Crippen LogP contribution in [0.15, 0.2) is 0 Å². The second-order valence-electron chi connectivity index (χ2n) is 19.0. The zero-order valence-corrected chi connectivity index (χ0v) is 102. The Morgan fingerprint density at radius 2 is 0.286 bits per heavy atom. The van der Waals surface area contributed by atoms with Crippen LogP contribution in [0.25, 0.3) is 0 Å². The van der Waals surface area contributed by atoms with Crippen molar-refractivity contribution in [2.75, 3.05) is 39.6 Å². The van der Waals surface area contributed by atoms with Gasteiger partial charge >= 0.3 is 621 Å². The topological polar surface area (TPSA) is 620 Å². The molecule has 21 fully saturated rings. The second-order valence-corrected chi connectivity index (χ2v) is 19.0. The smallest absolute Gasteiger partial charge is 0.870 e. The average molecular weight is 1600 g/mol. The molecule has 0 aromatic rings. The predicted octanol–water partition coefficient (Wildman–Crippen LogP) is -90.1. The van der Waals surface area contributed by atoms with E-state index in [1.165, 1.54) is 0 Å². The van der Waals surface area contributed by atoms with E-state index in [1.54, 1.807) is 0 Å². The van der Waals surface area contributed by atoms with Crippen LogP contribution in [0.1, 0.15) is 0 Å². The average Bonchev–Trinajstić information content (AvgIpc) is 0.853. The van der Waals surface area contributed by atoms with Gasteiger partial charge in [0.05, 0.1) is 73.2 Å². The normalized spacial score (nSPS) is 43.4. The third kappa shape index (κ3) is 38.1. The molecule has 14 unspecified atom stereocenters. The van der Waals surface area contributed by atoms with Gasteiger partial charge in [0.25, 0.3) is 0 Å². The number of ether oxygens (including phenoxy) is 14. The number of rotatable bonds is 6. The monoisotopic (exact) mass is 1600 g/mol. The molecule has 98 heavy (non-hydrogen) atoms. The zero-order chi connectivity index (χ0) is 55.3. The largest absolute Gasteiger partial charge is 1.00 e. The van der Waals surface area contributed by atoms with E-state index in [-0.39, 0.29) is 626 Å². The van der Waals surface area contributed by atoms with Crippen molar-refractivity contribution in [2.24, 2.45) is 0 Å². The zero-order valence-electron chi connectivity index (χ0n) is 60.5. The maximum absolute atomic E-state index is 13.6. The summed E-state index contributed by atoms with van der Waals surface area (Å²) in [6.07, 6.45) is -85.0. The summed E-state index contributed by atoms with van der Waals surface area (Å²) >= 11 is 0. The minimum absolute atomic E-state index is 0. The molecule has 0 saturated carbocycles. The second kappa shape index (κ2) is 74.5. The van der Waals surface area contributed by atoms with Crippen molar-refractivity contribution in [3.63, 3.8) is 0 Å². The van der Waals surface area contributed by atoms with Gasteiger partial charge in [0, 0.05) is 6.10 Å². The molecule has 450 valence electrons. The molecule has 21 aliphatic rings. The SMILES string of the molecule is [CH2-]C1O[C@H]2O[C@H]3C(C[O-])O[C@@H](O[C@H]4C(C[O-])O[C@@H](O[C@H]5C(C[O-])O[C@@H](O[C@H]6C(C[O-])O[C@@H](O[C@H]7C(C[O-])O[C@@H](O[C@H]8C(C[O-])O[C@@H](O[C@@H]1[C@H]([O-])C2[O-])C([O-])[C@H]8[O-])C([O-])[C@H]7[O-])C([O-])[C@H]6[O-])C([O-])[C@H]5[O-])C([O-])[C@H]4[O-])C([O-])[C@H]3[O-].[Na+].[Na+].[Na+].[Na+].[Na+].[Na+].[Na+].[Na+].[Na+].[Na+].[Na+].[Na+].[Na+].[Na+].[Na+].[Na+].[Na+].[Na+].[Na+].[Na+].[Na+].[OH-]. The van der Waals surface area contributed by atoms with Gasteiger partial charge in [-0.2, -0.15) is 0 Å². The minimum atomic E-state index is -2.76. The molecule has 21 saturated heterocycles. The van der Waals surface area contributed by atoms with Crippen LogP contribution < -0.4 is 723 Å². The van der Waals surface area contributed by atoms with Crippen molar-refractivity contribution in [1.29, 1.82) is 0 Å². The first-order valence-corrected chi connectivity index (χ1v) is 23.8. The van der Waals surface area contributed by atoms with Crippen LogP contribution in [0.3, 0.4) is 0 Å². The summed E-state index contributed by atoms with van der Waals surface area (Å²) < 4.78 is 74.7. The molecule has 0 amide bonds. The summed E-state index contributed by atoms with van der Waals surface area (Å²) in [6, 6.07) is 0. The van der Waals surface area contributed by atoms with Crippen LogP contribution in [0.4, 0.5) is 0 Å². The number of hydrogen-bond donors (Lipinski definition) is 0. The summed E-state index contributed by atoms with van der Waals surface area (Å²) in [5, 5.41) is 263. The Bertz CT molecular complexity index is 1870. The van der Waals surface area contributed by atoms with Crippen molar-refractivity contribution in [2.45, 2.75) is 215 Å². The fraction of sp³-hybridized carbons (Fsp3) is 0.976. The molecule has 0 aromatic heterocycles. The molecule has 0 spiro atoms. The molecule has 56 heteroatoms. The molecule has 21 aliphatic heterocycles. The maximum atomic E-state index is 13.6. The van der Waals surface area contributed by atoms with E-state index in [4.69, 9.17) is 66.3 Å². The minimum Gasteiger partial charge on any atom is -0.870 e. The molecule has 0 radical (unpaired) electrons. The van der Waals surface area contributed by atoms with Crippen LogP contribution in [0, 0.1) is 6.92 Å². The Labute approximate surface area is 1030 Å². The van der Waals surface area contributed by atoms with Crippen molar-refractivity contribution >= 4 is 0 Å². The summed E-state index contributed by atoms with van der Waals surface area (Å²) in [5.41, 5.74) is 0. The van der Waals surface area contributed by atoms with Gasteiger partial charge < -0.3 is 181 Å². The Kier molecular flexibility index (Phi) is 115. The van der Waals surface area contributed by atoms with Crippen LogP contribution in [-0.2, 0) is 66.3 Å². The molecule has 0 aliphatic carbocycles. The van der Waals surface area contributed by atoms with Crippen LogP contribution in [-0.4, -0.2) is 260 Å². The fourth-order valence-corrected chi connectivity index (χ4v) is 9.97. The van der Waals surface area contributed by atoms with Gasteiger partial charge in [-0.25, -0.2) is 0 Å². The Morgan fingerprint density at radius 1 is 0.173 bits per heavy atom. The predicted molar refractivity (Wildman–Crippen MR) is 184 cm³/mol. The fourth-order valence-electron chi connectivity index (χ4n) is 9.97. The summed E-state index contributed by atoms with van der Waals surface area (Å²) in [7, 11) is 0. The van der Waals surface area contributed by atoms with Crippen molar-refractivity contribution < 1.29 is 795 Å². The quantitative estimate of drug-likeness (QED) is 0.176. The molecule has 14 bridgehead atoms. The third-order valence-corrected chi connectivity index (χ3v) is 14.2. The van der Waals surface area contributed by atoms with E-state index < -0.39 is 255 Å². The molecule has 21 heterocycles. The van der Waals surface area contributed by atoms with E-state index in [1.807, 2.05) is 0 Å². The summed E-state index contributed by atoms with van der Waals surface area (Å²) in [6.45, 7) is -5.38. The van der Waals surface area contributed by atoms with Crippen LogP contribution in [0.2, 0.25) is 0 Å². The van der Waals surface area contributed by atoms with Crippen molar-refractivity contribution in [3.05, 3.63) is 6.92 Å². The molecule has 21 rings (SSSR count). The molecule has 1 N–H and O–H groups in total. The molecule has 35 nitrogen and oxygen atoms in total. The van der Waals surface area contributed by atoms with Crippen LogP contribution >= 0.6 is 0 Å². The van der Waals surface area contributed by atoms with E-state index in [9.17, 15) is 102 Å². The number of hydrogen-bond acceptors (Lipinski definition) is 35. The van der Waals surface area contributed by atoms with Crippen molar-refractivity contribution in [3.8, 4) is 0 Å². The van der Waals surface area contributed by atoms with E-state index in [0.29, 0.717) is 0 Å². The first kappa shape index (κ1) is 152. The maximum Gasteiger partial charge on any atom is 1.00 e. The summed E-state index contributed by atoms with van der Waals surface area (Å²) in [5.74, 6) is 0. The molecule has 0 aromatic carbocycles. The first-order valence-electron chi connectivity index (χ1n) is 23.8. The first-order chi connectivity index (χ1) is 36.1.